The summed E-state index contributed by atoms with van der Waals surface area (Å²) in [5, 5.41) is 12.0. The van der Waals surface area contributed by atoms with Crippen molar-refractivity contribution < 1.29 is 17.9 Å². The lowest BCUT2D eigenvalue weighted by Gasteiger charge is -2.27. The first kappa shape index (κ1) is 19.8. The Morgan fingerprint density at radius 2 is 1.70 bits per heavy atom. The van der Waals surface area contributed by atoms with Crippen molar-refractivity contribution in [1.29, 1.82) is 0 Å². The first-order valence-corrected chi connectivity index (χ1v) is 10.9. The van der Waals surface area contributed by atoms with Gasteiger partial charge in [-0.25, -0.2) is 8.42 Å². The summed E-state index contributed by atoms with van der Waals surface area (Å²) >= 11 is 1.30. The standard InChI is InChI=1S/C20H22FNO3S2/c1-20(2,23)18-16-11-6-7-12-17(16)26-19(18)22(14-8-13-21)27(24,25)15-9-4-3-5-10-15/h3-7,9-12,23H,8,13-14H2,1-2H3. The minimum absolute atomic E-state index is 0.00360. The van der Waals surface area contributed by atoms with Crippen LogP contribution in [0.4, 0.5) is 9.39 Å². The molecule has 7 heteroatoms. The largest absolute Gasteiger partial charge is 0.386 e. The van der Waals surface area contributed by atoms with E-state index >= 15 is 0 Å². The van der Waals surface area contributed by atoms with E-state index in [0.717, 1.165) is 10.1 Å². The summed E-state index contributed by atoms with van der Waals surface area (Å²) < 4.78 is 41.7. The van der Waals surface area contributed by atoms with Crippen molar-refractivity contribution in [1.82, 2.24) is 0 Å². The monoisotopic (exact) mass is 407 g/mol. The van der Waals surface area contributed by atoms with Crippen molar-refractivity contribution in [3.8, 4) is 0 Å². The Balaban J connectivity index is 2.25. The number of anilines is 1. The van der Waals surface area contributed by atoms with E-state index in [4.69, 9.17) is 0 Å². The van der Waals surface area contributed by atoms with Crippen LogP contribution >= 0.6 is 11.3 Å². The highest BCUT2D eigenvalue weighted by Gasteiger charge is 2.33. The Labute approximate surface area is 162 Å². The van der Waals surface area contributed by atoms with Gasteiger partial charge in [0.2, 0.25) is 0 Å². The number of alkyl halides is 1. The molecule has 0 fully saturated rings. The summed E-state index contributed by atoms with van der Waals surface area (Å²) in [6, 6.07) is 15.6. The van der Waals surface area contributed by atoms with Crippen LogP contribution in [0.15, 0.2) is 59.5 Å². The Hall–Kier alpha value is -1.96. The molecule has 1 heterocycles. The van der Waals surface area contributed by atoms with E-state index in [9.17, 15) is 17.9 Å². The quantitative estimate of drug-likeness (QED) is 0.618. The Kier molecular flexibility index (Phi) is 5.55. The van der Waals surface area contributed by atoms with Gasteiger partial charge in [-0.05, 0) is 38.5 Å². The molecule has 144 valence electrons. The van der Waals surface area contributed by atoms with Gasteiger partial charge in [-0.15, -0.1) is 11.3 Å². The normalized spacial score (nSPS) is 12.4. The first-order valence-electron chi connectivity index (χ1n) is 8.65. The second-order valence-electron chi connectivity index (χ2n) is 6.77. The molecule has 27 heavy (non-hydrogen) atoms. The summed E-state index contributed by atoms with van der Waals surface area (Å²) in [6.07, 6.45) is 0.0750. The Bertz CT molecular complexity index is 1020. The molecule has 0 spiro atoms. The molecule has 4 nitrogen and oxygen atoms in total. The van der Waals surface area contributed by atoms with E-state index in [1.54, 1.807) is 32.0 Å². The topological polar surface area (TPSA) is 57.6 Å². The van der Waals surface area contributed by atoms with Gasteiger partial charge in [-0.2, -0.15) is 0 Å². The lowest BCUT2D eigenvalue weighted by Crippen LogP contribution is -2.33. The van der Waals surface area contributed by atoms with Gasteiger partial charge >= 0.3 is 0 Å². The minimum Gasteiger partial charge on any atom is -0.386 e. The van der Waals surface area contributed by atoms with Gasteiger partial charge in [0.25, 0.3) is 10.0 Å². The molecule has 0 radical (unpaired) electrons. The number of hydrogen-bond donors (Lipinski definition) is 1. The second-order valence-corrected chi connectivity index (χ2v) is 9.66. The number of sulfonamides is 1. The van der Waals surface area contributed by atoms with Crippen LogP contribution in [-0.4, -0.2) is 26.7 Å². The predicted molar refractivity (Wildman–Crippen MR) is 109 cm³/mol. The molecule has 1 N–H and O–H groups in total. The van der Waals surface area contributed by atoms with Crippen LogP contribution in [0.1, 0.15) is 25.8 Å². The molecular formula is C20H22FNO3S2. The third-order valence-electron chi connectivity index (χ3n) is 4.24. The third kappa shape index (κ3) is 3.85. The van der Waals surface area contributed by atoms with Gasteiger partial charge in [0, 0.05) is 22.2 Å². The summed E-state index contributed by atoms with van der Waals surface area (Å²) in [6.45, 7) is 2.65. The number of halogens is 1. The van der Waals surface area contributed by atoms with Crippen LogP contribution < -0.4 is 4.31 Å². The molecule has 2 aromatic carbocycles. The van der Waals surface area contributed by atoms with E-state index in [1.165, 1.54) is 27.8 Å². The van der Waals surface area contributed by atoms with Crippen LogP contribution in [0.3, 0.4) is 0 Å². The average molecular weight is 408 g/mol. The van der Waals surface area contributed by atoms with Crippen molar-refractivity contribution in [2.24, 2.45) is 0 Å². The number of aliphatic hydroxyl groups is 1. The zero-order valence-corrected chi connectivity index (χ0v) is 16.9. The summed E-state index contributed by atoms with van der Waals surface area (Å²) in [7, 11) is -3.89. The number of nitrogens with zero attached hydrogens (tertiary/aromatic N) is 1. The van der Waals surface area contributed by atoms with E-state index < -0.39 is 22.3 Å². The molecule has 0 saturated heterocycles. The highest BCUT2D eigenvalue weighted by atomic mass is 32.2. The summed E-state index contributed by atoms with van der Waals surface area (Å²) in [5.74, 6) is 0. The molecule has 0 aliphatic rings. The minimum atomic E-state index is -3.89. The fraction of sp³-hybridized carbons (Fsp3) is 0.300. The SMILES string of the molecule is CC(C)(O)c1c(N(CCCF)S(=O)(=O)c2ccccc2)sc2ccccc12. The van der Waals surface area contributed by atoms with Crippen molar-refractivity contribution in [2.45, 2.75) is 30.8 Å². The van der Waals surface area contributed by atoms with Gasteiger partial charge in [0.15, 0.2) is 0 Å². The predicted octanol–water partition coefficient (Wildman–Crippen LogP) is 4.68. The molecule has 0 saturated carbocycles. The van der Waals surface area contributed by atoms with Gasteiger partial charge < -0.3 is 5.11 Å². The lowest BCUT2D eigenvalue weighted by atomic mass is 9.97. The van der Waals surface area contributed by atoms with E-state index in [0.29, 0.717) is 10.6 Å². The molecule has 3 rings (SSSR count). The van der Waals surface area contributed by atoms with Crippen molar-refractivity contribution in [3.05, 3.63) is 60.2 Å². The zero-order valence-electron chi connectivity index (χ0n) is 15.2. The number of fused-ring (bicyclic) bond motifs is 1. The molecule has 0 aliphatic carbocycles. The molecule has 0 bridgehead atoms. The summed E-state index contributed by atoms with van der Waals surface area (Å²) in [4.78, 5) is 0.142. The third-order valence-corrected chi connectivity index (χ3v) is 7.36. The fourth-order valence-electron chi connectivity index (χ4n) is 3.05. The maximum absolute atomic E-state index is 13.3. The van der Waals surface area contributed by atoms with E-state index in [1.807, 2.05) is 24.3 Å². The van der Waals surface area contributed by atoms with Crippen LogP contribution in [0, 0.1) is 0 Å². The average Bonchev–Trinajstić information content (AvgIpc) is 3.02. The first-order chi connectivity index (χ1) is 12.8. The van der Waals surface area contributed by atoms with Gasteiger partial charge in [0.05, 0.1) is 17.2 Å². The smallest absolute Gasteiger partial charge is 0.264 e. The van der Waals surface area contributed by atoms with Crippen LogP contribution in [0.25, 0.3) is 10.1 Å². The molecule has 0 amide bonds. The molecule has 0 aliphatic heterocycles. The van der Waals surface area contributed by atoms with Crippen LogP contribution in [0.2, 0.25) is 0 Å². The number of rotatable bonds is 7. The Morgan fingerprint density at radius 3 is 2.33 bits per heavy atom. The Morgan fingerprint density at radius 1 is 1.07 bits per heavy atom. The van der Waals surface area contributed by atoms with E-state index in [2.05, 4.69) is 0 Å². The van der Waals surface area contributed by atoms with Crippen molar-refractivity contribution in [2.75, 3.05) is 17.5 Å². The van der Waals surface area contributed by atoms with Gasteiger partial charge in [-0.1, -0.05) is 36.4 Å². The number of hydrogen-bond acceptors (Lipinski definition) is 4. The number of benzene rings is 2. The van der Waals surface area contributed by atoms with Crippen molar-refractivity contribution >= 4 is 36.4 Å². The summed E-state index contributed by atoms with van der Waals surface area (Å²) in [5.41, 5.74) is -0.712. The van der Waals surface area contributed by atoms with Crippen molar-refractivity contribution in [3.63, 3.8) is 0 Å². The second kappa shape index (κ2) is 7.58. The molecular weight excluding hydrogens is 385 g/mol. The van der Waals surface area contributed by atoms with Crippen LogP contribution in [-0.2, 0) is 15.6 Å². The van der Waals surface area contributed by atoms with Gasteiger partial charge in [-0.3, -0.25) is 8.70 Å². The highest BCUT2D eigenvalue weighted by Crippen LogP contribution is 2.45. The fourth-order valence-corrected chi connectivity index (χ4v) is 6.18. The molecule has 0 unspecified atom stereocenters. The lowest BCUT2D eigenvalue weighted by molar-refractivity contribution is 0.0811. The maximum Gasteiger partial charge on any atom is 0.264 e. The number of thiophene rings is 1. The van der Waals surface area contributed by atoms with Crippen LogP contribution in [0.5, 0.6) is 0 Å². The molecule has 3 aromatic rings. The van der Waals surface area contributed by atoms with Gasteiger partial charge in [0.1, 0.15) is 5.00 Å². The highest BCUT2D eigenvalue weighted by molar-refractivity contribution is 7.93. The zero-order chi connectivity index (χ0) is 19.7. The maximum atomic E-state index is 13.3. The van der Waals surface area contributed by atoms with E-state index in [-0.39, 0.29) is 17.9 Å². The molecule has 1 aromatic heterocycles. The molecule has 0 atom stereocenters.